The Morgan fingerprint density at radius 2 is 2.10 bits per heavy atom. The number of carbonyl (C=O) groups excluding carboxylic acids is 1. The molecular weight excluding hydrogens is 368 g/mol. The molecular formula is C22H34N4O3. The normalized spacial score (nSPS) is 20.1. The van der Waals surface area contributed by atoms with E-state index in [4.69, 9.17) is 14.5 Å². The minimum atomic E-state index is 0.0588. The van der Waals surface area contributed by atoms with Gasteiger partial charge in [-0.25, -0.2) is 0 Å². The van der Waals surface area contributed by atoms with E-state index < -0.39 is 0 Å². The van der Waals surface area contributed by atoms with Crippen molar-refractivity contribution in [2.75, 3.05) is 51.4 Å². The summed E-state index contributed by atoms with van der Waals surface area (Å²) in [6, 6.07) is 7.98. The molecule has 0 radical (unpaired) electrons. The maximum absolute atomic E-state index is 12.0. The molecule has 0 bridgehead atoms. The average molecular weight is 403 g/mol. The second kappa shape index (κ2) is 11.8. The molecule has 2 aliphatic rings. The van der Waals surface area contributed by atoms with Crippen LogP contribution in [0.5, 0.6) is 0 Å². The van der Waals surface area contributed by atoms with Gasteiger partial charge in [0, 0.05) is 57.5 Å². The van der Waals surface area contributed by atoms with E-state index in [0.29, 0.717) is 18.9 Å². The van der Waals surface area contributed by atoms with Crippen molar-refractivity contribution in [2.24, 2.45) is 10.9 Å². The first-order valence-electron chi connectivity index (χ1n) is 10.8. The van der Waals surface area contributed by atoms with E-state index in [0.717, 1.165) is 76.0 Å². The number of amides is 1. The molecule has 7 heteroatoms. The summed E-state index contributed by atoms with van der Waals surface area (Å²) in [5.74, 6) is 1.60. The molecule has 29 heavy (non-hydrogen) atoms. The first-order valence-corrected chi connectivity index (χ1v) is 10.8. The standard InChI is InChI=1S/C22H34N4O3/c1-2-23-22(24-10-5-11-29-16-17-8-12-28-13-9-17)25-15-18-14-21(27)26-20-7-4-3-6-19(18)20/h3-4,6-7,17-18H,2,5,8-16H2,1H3,(H,26,27)(H2,23,24,25). The van der Waals surface area contributed by atoms with E-state index in [1.807, 2.05) is 18.2 Å². The van der Waals surface area contributed by atoms with Gasteiger partial charge in [0.25, 0.3) is 0 Å². The molecule has 3 N–H and O–H groups in total. The summed E-state index contributed by atoms with van der Waals surface area (Å²) < 4.78 is 11.2. The summed E-state index contributed by atoms with van der Waals surface area (Å²) >= 11 is 0. The van der Waals surface area contributed by atoms with Crippen LogP contribution < -0.4 is 16.0 Å². The summed E-state index contributed by atoms with van der Waals surface area (Å²) in [6.07, 6.45) is 3.62. The lowest BCUT2D eigenvalue weighted by Gasteiger charge is -2.24. The molecule has 0 spiro atoms. The third-order valence-electron chi connectivity index (χ3n) is 5.37. The Kier molecular flexibility index (Phi) is 8.77. The van der Waals surface area contributed by atoms with Crippen LogP contribution in [0.25, 0.3) is 0 Å². The SMILES string of the molecule is CCNC(=NCC1CC(=O)Nc2ccccc21)NCCCOCC1CCOCC1. The van der Waals surface area contributed by atoms with Gasteiger partial charge in [0.1, 0.15) is 0 Å². The number of hydrogen-bond acceptors (Lipinski definition) is 4. The van der Waals surface area contributed by atoms with Crippen molar-refractivity contribution in [1.29, 1.82) is 0 Å². The van der Waals surface area contributed by atoms with Gasteiger partial charge in [0.2, 0.25) is 5.91 Å². The molecule has 7 nitrogen and oxygen atoms in total. The Labute approximate surface area is 173 Å². The molecule has 1 unspecified atom stereocenters. The van der Waals surface area contributed by atoms with Gasteiger partial charge in [0.05, 0.1) is 6.54 Å². The van der Waals surface area contributed by atoms with Gasteiger partial charge in [-0.3, -0.25) is 9.79 Å². The second-order valence-corrected chi connectivity index (χ2v) is 7.67. The van der Waals surface area contributed by atoms with Crippen molar-refractivity contribution in [3.05, 3.63) is 29.8 Å². The topological polar surface area (TPSA) is 84.0 Å². The molecule has 2 aliphatic heterocycles. The number of hydrogen-bond donors (Lipinski definition) is 3. The van der Waals surface area contributed by atoms with Gasteiger partial charge in [-0.05, 0) is 43.7 Å². The summed E-state index contributed by atoms with van der Waals surface area (Å²) in [5, 5.41) is 9.60. The molecule has 1 amide bonds. The Balaban J connectivity index is 1.41. The van der Waals surface area contributed by atoms with Gasteiger partial charge in [-0.15, -0.1) is 0 Å². The van der Waals surface area contributed by atoms with E-state index in [1.54, 1.807) is 0 Å². The van der Waals surface area contributed by atoms with Crippen molar-refractivity contribution in [3.8, 4) is 0 Å². The van der Waals surface area contributed by atoms with Crippen LogP contribution in [0.2, 0.25) is 0 Å². The smallest absolute Gasteiger partial charge is 0.225 e. The molecule has 3 rings (SSSR count). The van der Waals surface area contributed by atoms with Gasteiger partial charge in [0.15, 0.2) is 5.96 Å². The van der Waals surface area contributed by atoms with Gasteiger partial charge in [-0.2, -0.15) is 0 Å². The third kappa shape index (κ3) is 7.01. The van der Waals surface area contributed by atoms with E-state index in [2.05, 4.69) is 28.9 Å². The maximum Gasteiger partial charge on any atom is 0.225 e. The monoisotopic (exact) mass is 402 g/mol. The molecule has 0 aliphatic carbocycles. The molecule has 160 valence electrons. The van der Waals surface area contributed by atoms with Crippen molar-refractivity contribution >= 4 is 17.6 Å². The predicted octanol–water partition coefficient (Wildman–Crippen LogP) is 2.50. The fourth-order valence-corrected chi connectivity index (χ4v) is 3.75. The minimum Gasteiger partial charge on any atom is -0.381 e. The molecule has 0 saturated carbocycles. The molecule has 1 aromatic rings. The van der Waals surface area contributed by atoms with Crippen LogP contribution in [0.1, 0.15) is 44.1 Å². The molecule has 0 aromatic heterocycles. The van der Waals surface area contributed by atoms with Crippen LogP contribution in [-0.4, -0.2) is 57.9 Å². The van der Waals surface area contributed by atoms with Crippen LogP contribution in [0.15, 0.2) is 29.3 Å². The number of ether oxygens (including phenoxy) is 2. The van der Waals surface area contributed by atoms with Gasteiger partial charge < -0.3 is 25.4 Å². The molecule has 1 saturated heterocycles. The summed E-state index contributed by atoms with van der Waals surface area (Å²) in [7, 11) is 0. The second-order valence-electron chi connectivity index (χ2n) is 7.67. The van der Waals surface area contributed by atoms with Crippen molar-refractivity contribution < 1.29 is 14.3 Å². The van der Waals surface area contributed by atoms with E-state index in [-0.39, 0.29) is 11.8 Å². The number of para-hydroxylation sites is 1. The maximum atomic E-state index is 12.0. The number of anilines is 1. The molecule has 1 atom stereocenters. The van der Waals surface area contributed by atoms with Gasteiger partial charge >= 0.3 is 0 Å². The Hall–Kier alpha value is -2.12. The highest BCUT2D eigenvalue weighted by Crippen LogP contribution is 2.31. The van der Waals surface area contributed by atoms with Crippen LogP contribution in [-0.2, 0) is 14.3 Å². The Bertz CT molecular complexity index is 674. The highest BCUT2D eigenvalue weighted by Gasteiger charge is 2.24. The van der Waals surface area contributed by atoms with Crippen molar-refractivity contribution in [3.63, 3.8) is 0 Å². The Morgan fingerprint density at radius 3 is 2.93 bits per heavy atom. The van der Waals surface area contributed by atoms with Crippen LogP contribution >= 0.6 is 0 Å². The van der Waals surface area contributed by atoms with Gasteiger partial charge in [-0.1, -0.05) is 18.2 Å². The van der Waals surface area contributed by atoms with Crippen LogP contribution in [0.3, 0.4) is 0 Å². The van der Waals surface area contributed by atoms with E-state index in [1.165, 1.54) is 0 Å². The van der Waals surface area contributed by atoms with E-state index >= 15 is 0 Å². The lowest BCUT2D eigenvalue weighted by molar-refractivity contribution is -0.116. The van der Waals surface area contributed by atoms with Crippen molar-refractivity contribution in [2.45, 2.75) is 38.5 Å². The molecule has 2 heterocycles. The zero-order chi connectivity index (χ0) is 20.3. The third-order valence-corrected chi connectivity index (χ3v) is 5.37. The van der Waals surface area contributed by atoms with Crippen LogP contribution in [0, 0.1) is 5.92 Å². The summed E-state index contributed by atoms with van der Waals surface area (Å²) in [6.45, 7) is 7.56. The summed E-state index contributed by atoms with van der Waals surface area (Å²) in [4.78, 5) is 16.7. The Morgan fingerprint density at radius 1 is 1.28 bits per heavy atom. The number of nitrogens with one attached hydrogen (secondary N) is 3. The molecule has 1 fully saturated rings. The van der Waals surface area contributed by atoms with E-state index in [9.17, 15) is 4.79 Å². The predicted molar refractivity (Wildman–Crippen MR) is 115 cm³/mol. The van der Waals surface area contributed by atoms with Crippen LogP contribution in [0.4, 0.5) is 5.69 Å². The zero-order valence-corrected chi connectivity index (χ0v) is 17.4. The lowest BCUT2D eigenvalue weighted by atomic mass is 9.91. The number of nitrogens with zero attached hydrogens (tertiary/aromatic N) is 1. The average Bonchev–Trinajstić information content (AvgIpc) is 2.74. The number of benzene rings is 1. The largest absolute Gasteiger partial charge is 0.381 e. The fourth-order valence-electron chi connectivity index (χ4n) is 3.75. The zero-order valence-electron chi connectivity index (χ0n) is 17.4. The number of aliphatic imine (C=N–C) groups is 1. The highest BCUT2D eigenvalue weighted by atomic mass is 16.5. The molecule has 1 aromatic carbocycles. The highest BCUT2D eigenvalue weighted by molar-refractivity contribution is 5.94. The quantitative estimate of drug-likeness (QED) is 0.336. The first-order chi connectivity index (χ1) is 14.3. The minimum absolute atomic E-state index is 0.0588. The first kappa shape index (κ1) is 21.6. The lowest BCUT2D eigenvalue weighted by Crippen LogP contribution is -2.38. The summed E-state index contributed by atoms with van der Waals surface area (Å²) in [5.41, 5.74) is 2.07. The fraction of sp³-hybridized carbons (Fsp3) is 0.636. The van der Waals surface area contributed by atoms with Crippen molar-refractivity contribution in [1.82, 2.24) is 10.6 Å². The number of rotatable bonds is 9. The number of fused-ring (bicyclic) bond motifs is 1. The number of guanidine groups is 1. The number of carbonyl (C=O) groups is 1.